The van der Waals surface area contributed by atoms with Crippen molar-refractivity contribution < 1.29 is 24.2 Å². The largest absolute Gasteiger partial charge is 0.479 e. The monoisotopic (exact) mass is 334 g/mol. The van der Waals surface area contributed by atoms with Crippen LogP contribution in [0.4, 0.5) is 0 Å². The highest BCUT2D eigenvalue weighted by molar-refractivity contribution is 6.08. The minimum atomic E-state index is -1.50. The Morgan fingerprint density at radius 1 is 1.25 bits per heavy atom. The molecule has 0 radical (unpaired) electrons. The Morgan fingerprint density at radius 2 is 1.96 bits per heavy atom. The van der Waals surface area contributed by atoms with Crippen LogP contribution in [0, 0.1) is 0 Å². The molecule has 7 nitrogen and oxygen atoms in total. The number of hydrogen-bond donors (Lipinski definition) is 2. The second-order valence-corrected chi connectivity index (χ2v) is 5.77. The molecule has 0 bridgehead atoms. The normalized spacial score (nSPS) is 13.6. The molecule has 1 unspecified atom stereocenters. The number of benzene rings is 1. The van der Waals surface area contributed by atoms with E-state index < -0.39 is 17.4 Å². The number of methoxy groups -OCH3 is 2. The fraction of sp³-hybridized carbons (Fsp3) is 0.412. The van der Waals surface area contributed by atoms with Gasteiger partial charge in [-0.1, -0.05) is 18.2 Å². The maximum atomic E-state index is 12.7. The molecule has 1 heterocycles. The van der Waals surface area contributed by atoms with Gasteiger partial charge in [-0.15, -0.1) is 0 Å². The van der Waals surface area contributed by atoms with Gasteiger partial charge < -0.3 is 24.5 Å². The molecule has 130 valence electrons. The van der Waals surface area contributed by atoms with E-state index in [4.69, 9.17) is 9.47 Å². The number of carbonyl (C=O) groups excluding carboxylic acids is 1. The summed E-state index contributed by atoms with van der Waals surface area (Å²) in [7, 11) is 3.01. The summed E-state index contributed by atoms with van der Waals surface area (Å²) in [5, 5.41) is 12.7. The Balaban J connectivity index is 2.37. The van der Waals surface area contributed by atoms with Crippen molar-refractivity contribution in [2.45, 2.75) is 19.0 Å². The van der Waals surface area contributed by atoms with Crippen molar-refractivity contribution in [2.75, 3.05) is 27.4 Å². The summed E-state index contributed by atoms with van der Waals surface area (Å²) in [4.78, 5) is 24.1. The van der Waals surface area contributed by atoms with Crippen molar-refractivity contribution in [1.82, 2.24) is 9.88 Å². The molecule has 1 aromatic carbocycles. The van der Waals surface area contributed by atoms with Crippen LogP contribution in [0.3, 0.4) is 0 Å². The van der Waals surface area contributed by atoms with Gasteiger partial charge in [0.15, 0.2) is 5.54 Å². The first-order valence-corrected chi connectivity index (χ1v) is 7.54. The first-order chi connectivity index (χ1) is 11.4. The summed E-state index contributed by atoms with van der Waals surface area (Å²) < 4.78 is 11.9. The number of aromatic nitrogens is 1. The number of carbonyl (C=O) groups is 2. The molecular weight excluding hydrogens is 312 g/mol. The summed E-state index contributed by atoms with van der Waals surface area (Å²) in [5.74, 6) is -1.61. The van der Waals surface area contributed by atoms with Gasteiger partial charge in [0, 0.05) is 37.9 Å². The first-order valence-electron chi connectivity index (χ1n) is 7.54. The average Bonchev–Trinajstić information content (AvgIpc) is 2.92. The van der Waals surface area contributed by atoms with Crippen LogP contribution in [-0.4, -0.2) is 54.5 Å². The van der Waals surface area contributed by atoms with Crippen molar-refractivity contribution in [2.24, 2.45) is 0 Å². The molecule has 2 rings (SSSR count). The van der Waals surface area contributed by atoms with E-state index in [0.717, 1.165) is 10.9 Å². The zero-order chi connectivity index (χ0) is 17.7. The molecule has 0 aliphatic heterocycles. The summed E-state index contributed by atoms with van der Waals surface area (Å²) in [6.45, 7) is 2.39. The lowest BCUT2D eigenvalue weighted by Gasteiger charge is -2.25. The Bertz CT molecular complexity index is 740. The summed E-state index contributed by atoms with van der Waals surface area (Å²) in [5.41, 5.74) is -0.185. The number of hydrogen-bond acceptors (Lipinski definition) is 4. The van der Waals surface area contributed by atoms with Crippen LogP contribution >= 0.6 is 0 Å². The lowest BCUT2D eigenvalue weighted by Crippen LogP contribution is -2.55. The molecule has 24 heavy (non-hydrogen) atoms. The average molecular weight is 334 g/mol. The number of nitrogens with zero attached hydrogens (tertiary/aromatic N) is 1. The number of aliphatic carboxylic acids is 1. The van der Waals surface area contributed by atoms with Crippen LogP contribution in [0.5, 0.6) is 0 Å². The molecule has 0 aliphatic rings. The highest BCUT2D eigenvalue weighted by atomic mass is 16.5. The zero-order valence-electron chi connectivity index (χ0n) is 14.0. The smallest absolute Gasteiger partial charge is 0.331 e. The number of carboxylic acids is 1. The standard InChI is InChI=1S/C17H22N2O5/c1-17(11-24-3,16(21)22)18-15(20)13-10-19(8-9-23-2)14-7-5-4-6-12(13)14/h4-7,10H,8-9,11H2,1-3H3,(H,18,20)(H,21,22). The van der Waals surface area contributed by atoms with E-state index in [1.165, 1.54) is 14.0 Å². The fourth-order valence-electron chi connectivity index (χ4n) is 2.56. The molecule has 0 fully saturated rings. The third kappa shape index (κ3) is 3.58. The van der Waals surface area contributed by atoms with Crippen molar-refractivity contribution in [3.05, 3.63) is 36.0 Å². The second kappa shape index (κ2) is 7.46. The SMILES string of the molecule is COCCn1cc(C(=O)NC(C)(COC)C(=O)O)c2ccccc21. The maximum Gasteiger partial charge on any atom is 0.331 e. The van der Waals surface area contributed by atoms with Gasteiger partial charge in [0.1, 0.15) is 0 Å². The van der Waals surface area contributed by atoms with Crippen molar-refractivity contribution in [3.8, 4) is 0 Å². The fourth-order valence-corrected chi connectivity index (χ4v) is 2.56. The summed E-state index contributed by atoms with van der Waals surface area (Å²) in [6, 6.07) is 7.47. The van der Waals surface area contributed by atoms with Crippen LogP contribution in [0.2, 0.25) is 0 Å². The molecule has 0 saturated carbocycles. The van der Waals surface area contributed by atoms with E-state index in [1.54, 1.807) is 13.3 Å². The minimum Gasteiger partial charge on any atom is -0.479 e. The molecule has 2 N–H and O–H groups in total. The molecule has 0 aliphatic carbocycles. The van der Waals surface area contributed by atoms with Crippen LogP contribution < -0.4 is 5.32 Å². The molecule has 0 saturated heterocycles. The first kappa shape index (κ1) is 18.0. The number of nitrogens with one attached hydrogen (secondary N) is 1. The molecule has 1 atom stereocenters. The number of rotatable bonds is 8. The van der Waals surface area contributed by atoms with Gasteiger partial charge >= 0.3 is 5.97 Å². The minimum absolute atomic E-state index is 0.129. The molecule has 1 aromatic heterocycles. The Morgan fingerprint density at radius 3 is 2.58 bits per heavy atom. The third-order valence-electron chi connectivity index (χ3n) is 3.86. The molecule has 0 spiro atoms. The zero-order valence-corrected chi connectivity index (χ0v) is 14.0. The van der Waals surface area contributed by atoms with Gasteiger partial charge in [-0.2, -0.15) is 0 Å². The van der Waals surface area contributed by atoms with E-state index in [2.05, 4.69) is 5.32 Å². The van der Waals surface area contributed by atoms with Crippen LogP contribution in [0.15, 0.2) is 30.5 Å². The van der Waals surface area contributed by atoms with E-state index >= 15 is 0 Å². The van der Waals surface area contributed by atoms with E-state index in [1.807, 2.05) is 28.8 Å². The molecule has 2 aromatic rings. The maximum absolute atomic E-state index is 12.7. The van der Waals surface area contributed by atoms with Crippen molar-refractivity contribution in [1.29, 1.82) is 0 Å². The lowest BCUT2D eigenvalue weighted by molar-refractivity contribution is -0.145. The second-order valence-electron chi connectivity index (χ2n) is 5.77. The van der Waals surface area contributed by atoms with Crippen molar-refractivity contribution >= 4 is 22.8 Å². The van der Waals surface area contributed by atoms with Crippen LogP contribution in [-0.2, 0) is 20.8 Å². The third-order valence-corrected chi connectivity index (χ3v) is 3.86. The lowest BCUT2D eigenvalue weighted by atomic mass is 10.0. The summed E-state index contributed by atoms with van der Waals surface area (Å²) >= 11 is 0. The quantitative estimate of drug-likeness (QED) is 0.764. The number of amides is 1. The number of ether oxygens (including phenoxy) is 2. The Hall–Kier alpha value is -2.38. The van der Waals surface area contributed by atoms with Gasteiger partial charge in [-0.3, -0.25) is 4.79 Å². The predicted molar refractivity (Wildman–Crippen MR) is 89.2 cm³/mol. The van der Waals surface area contributed by atoms with Crippen molar-refractivity contribution in [3.63, 3.8) is 0 Å². The predicted octanol–water partition coefficient (Wildman–Crippen LogP) is 1.51. The van der Waals surface area contributed by atoms with Gasteiger partial charge in [-0.25, -0.2) is 4.79 Å². The van der Waals surface area contributed by atoms with Crippen LogP contribution in [0.25, 0.3) is 10.9 Å². The van der Waals surface area contributed by atoms with E-state index in [-0.39, 0.29) is 6.61 Å². The Labute approximate surface area is 140 Å². The Kier molecular flexibility index (Phi) is 5.58. The van der Waals surface area contributed by atoms with Gasteiger partial charge in [0.2, 0.25) is 0 Å². The highest BCUT2D eigenvalue weighted by Gasteiger charge is 2.35. The van der Waals surface area contributed by atoms with Gasteiger partial charge in [0.25, 0.3) is 5.91 Å². The topological polar surface area (TPSA) is 89.8 Å². The van der Waals surface area contributed by atoms with E-state index in [0.29, 0.717) is 18.7 Å². The number of para-hydroxylation sites is 1. The molecule has 1 amide bonds. The molecular formula is C17H22N2O5. The van der Waals surface area contributed by atoms with Gasteiger partial charge in [0.05, 0.1) is 18.8 Å². The highest BCUT2D eigenvalue weighted by Crippen LogP contribution is 2.22. The number of carboxylic acid groups (broad SMARTS) is 1. The van der Waals surface area contributed by atoms with Gasteiger partial charge in [-0.05, 0) is 13.0 Å². The van der Waals surface area contributed by atoms with Crippen LogP contribution in [0.1, 0.15) is 17.3 Å². The molecule has 7 heteroatoms. The van der Waals surface area contributed by atoms with E-state index in [9.17, 15) is 14.7 Å². The number of fused-ring (bicyclic) bond motifs is 1. The summed E-state index contributed by atoms with van der Waals surface area (Å²) in [6.07, 6.45) is 1.72.